The van der Waals surface area contributed by atoms with Crippen molar-refractivity contribution in [2.45, 2.75) is 12.4 Å². The molecule has 0 aliphatic carbocycles. The Bertz CT molecular complexity index is 397. The highest BCUT2D eigenvalue weighted by atomic mass is 19.4. The fourth-order valence-electron chi connectivity index (χ4n) is 1.05. The van der Waals surface area contributed by atoms with Crippen LogP contribution in [0.25, 0.3) is 0 Å². The number of benzene rings is 1. The number of rotatable bonds is 2. The quantitative estimate of drug-likeness (QED) is 0.581. The minimum atomic E-state index is -4.80. The zero-order valence-electron chi connectivity index (χ0n) is 8.19. The molecule has 1 nitrogen and oxygen atoms in total. The Morgan fingerprint density at radius 3 is 2.12 bits per heavy atom. The third-order valence-corrected chi connectivity index (χ3v) is 1.70. The largest absolute Gasteiger partial charge is 0.484 e. The van der Waals surface area contributed by atoms with E-state index in [1.807, 2.05) is 0 Å². The lowest BCUT2D eigenvalue weighted by Gasteiger charge is -2.15. The molecule has 0 heterocycles. The van der Waals surface area contributed by atoms with Gasteiger partial charge in [-0.2, -0.15) is 26.3 Å². The van der Waals surface area contributed by atoms with Crippen LogP contribution in [0.15, 0.2) is 18.2 Å². The van der Waals surface area contributed by atoms with Crippen molar-refractivity contribution in [1.82, 2.24) is 0 Å². The Labute approximate surface area is 93.8 Å². The highest BCUT2D eigenvalue weighted by Gasteiger charge is 2.36. The van der Waals surface area contributed by atoms with Gasteiger partial charge in [-0.15, -0.1) is 0 Å². The van der Waals surface area contributed by atoms with Crippen molar-refractivity contribution in [3.63, 3.8) is 0 Å². The number of halogens is 6. The summed E-state index contributed by atoms with van der Waals surface area (Å²) in [5, 5.41) is 0. The smallest absolute Gasteiger partial charge is 0.422 e. The predicted molar refractivity (Wildman–Crippen MR) is 48.4 cm³/mol. The topological polar surface area (TPSA) is 9.23 Å². The average Bonchev–Trinajstić information content (AvgIpc) is 2.11. The second-order valence-electron chi connectivity index (χ2n) is 3.16. The standard InChI is InChI=1S/C9H5BF6O/c10-5-1-2-6(9(14,15)16)7(3-5)17-4-8(11,12)13/h1-3H,4H2. The van der Waals surface area contributed by atoms with Crippen molar-refractivity contribution in [3.8, 4) is 5.75 Å². The SMILES string of the molecule is [B]c1ccc(C(F)(F)F)c(OCC(F)(F)F)c1. The van der Waals surface area contributed by atoms with E-state index in [1.165, 1.54) is 0 Å². The van der Waals surface area contributed by atoms with Gasteiger partial charge in [0.2, 0.25) is 0 Å². The first-order valence-electron chi connectivity index (χ1n) is 4.26. The van der Waals surface area contributed by atoms with E-state index in [2.05, 4.69) is 4.74 Å². The molecule has 0 aliphatic heterocycles. The van der Waals surface area contributed by atoms with Gasteiger partial charge in [0.05, 0.1) is 5.56 Å². The Morgan fingerprint density at radius 2 is 1.65 bits per heavy atom. The van der Waals surface area contributed by atoms with Crippen LogP contribution in [-0.4, -0.2) is 20.6 Å². The van der Waals surface area contributed by atoms with E-state index in [1.54, 1.807) is 0 Å². The van der Waals surface area contributed by atoms with Crippen LogP contribution >= 0.6 is 0 Å². The molecule has 1 aromatic carbocycles. The van der Waals surface area contributed by atoms with Crippen LogP contribution in [0.4, 0.5) is 26.3 Å². The summed E-state index contributed by atoms with van der Waals surface area (Å²) in [5.41, 5.74) is -1.41. The minimum absolute atomic E-state index is 0.116. The third-order valence-electron chi connectivity index (χ3n) is 1.70. The van der Waals surface area contributed by atoms with Crippen molar-refractivity contribution in [2.24, 2.45) is 0 Å². The summed E-state index contributed by atoms with van der Waals surface area (Å²) in [6.07, 6.45) is -9.51. The second-order valence-corrected chi connectivity index (χ2v) is 3.16. The Kier molecular flexibility index (Phi) is 3.64. The maximum Gasteiger partial charge on any atom is 0.422 e. The van der Waals surface area contributed by atoms with Gasteiger partial charge in [-0.1, -0.05) is 11.5 Å². The van der Waals surface area contributed by atoms with Gasteiger partial charge in [0.15, 0.2) is 6.61 Å². The van der Waals surface area contributed by atoms with Crippen molar-refractivity contribution in [2.75, 3.05) is 6.61 Å². The molecule has 1 aromatic rings. The summed E-state index contributed by atoms with van der Waals surface area (Å²) in [4.78, 5) is 0. The van der Waals surface area contributed by atoms with Gasteiger partial charge in [-0.3, -0.25) is 0 Å². The molecule has 0 saturated carbocycles. The first-order valence-corrected chi connectivity index (χ1v) is 4.26. The molecule has 0 unspecified atom stereocenters. The van der Waals surface area contributed by atoms with E-state index in [9.17, 15) is 26.3 Å². The van der Waals surface area contributed by atoms with Gasteiger partial charge < -0.3 is 4.74 Å². The van der Waals surface area contributed by atoms with Gasteiger partial charge in [0, 0.05) is 0 Å². The van der Waals surface area contributed by atoms with E-state index in [0.29, 0.717) is 12.1 Å². The maximum atomic E-state index is 12.4. The summed E-state index contributed by atoms with van der Waals surface area (Å²) >= 11 is 0. The maximum absolute atomic E-state index is 12.4. The lowest BCUT2D eigenvalue weighted by molar-refractivity contribution is -0.158. The molecule has 0 atom stereocenters. The van der Waals surface area contributed by atoms with Crippen LogP contribution in [0.5, 0.6) is 5.75 Å². The van der Waals surface area contributed by atoms with Crippen molar-refractivity contribution in [1.29, 1.82) is 0 Å². The molecule has 0 fully saturated rings. The number of ether oxygens (including phenoxy) is 1. The highest BCUT2D eigenvalue weighted by Crippen LogP contribution is 2.36. The van der Waals surface area contributed by atoms with Gasteiger partial charge in [0.25, 0.3) is 0 Å². The summed E-state index contributed by atoms with van der Waals surface area (Å²) in [6, 6.07) is 2.21. The van der Waals surface area contributed by atoms with Crippen LogP contribution in [-0.2, 0) is 6.18 Å². The molecule has 17 heavy (non-hydrogen) atoms. The third kappa shape index (κ3) is 4.20. The molecular formula is C9H5BF6O. The predicted octanol–water partition coefficient (Wildman–Crippen LogP) is 2.44. The zero-order chi connectivity index (χ0) is 13.3. The number of hydrogen-bond acceptors (Lipinski definition) is 1. The average molecular weight is 254 g/mol. The molecule has 0 saturated heterocycles. The molecule has 0 N–H and O–H groups in total. The van der Waals surface area contributed by atoms with Crippen molar-refractivity contribution >= 4 is 13.3 Å². The fraction of sp³-hybridized carbons (Fsp3) is 0.333. The van der Waals surface area contributed by atoms with Gasteiger partial charge in [0.1, 0.15) is 13.6 Å². The van der Waals surface area contributed by atoms with Crippen LogP contribution in [0, 0.1) is 0 Å². The molecule has 0 spiro atoms. The fourth-order valence-corrected chi connectivity index (χ4v) is 1.05. The Hall–Kier alpha value is -1.34. The van der Waals surface area contributed by atoms with E-state index in [4.69, 9.17) is 7.85 Å². The molecule has 0 amide bonds. The Balaban J connectivity index is 3.00. The minimum Gasteiger partial charge on any atom is -0.484 e. The first-order chi connectivity index (χ1) is 7.59. The van der Waals surface area contributed by atoms with Crippen molar-refractivity contribution in [3.05, 3.63) is 23.8 Å². The van der Waals surface area contributed by atoms with Crippen LogP contribution in [0.2, 0.25) is 0 Å². The summed E-state index contributed by atoms with van der Waals surface area (Å²) in [6.45, 7) is -1.81. The van der Waals surface area contributed by atoms with Crippen molar-refractivity contribution < 1.29 is 31.1 Å². The first kappa shape index (κ1) is 13.7. The van der Waals surface area contributed by atoms with E-state index < -0.39 is 30.3 Å². The van der Waals surface area contributed by atoms with Crippen LogP contribution in [0.3, 0.4) is 0 Å². The molecule has 92 valence electrons. The normalized spacial score (nSPS) is 12.6. The second kappa shape index (κ2) is 4.50. The molecule has 0 aromatic heterocycles. The number of alkyl halides is 6. The van der Waals surface area contributed by atoms with Gasteiger partial charge >= 0.3 is 12.4 Å². The van der Waals surface area contributed by atoms with E-state index >= 15 is 0 Å². The monoisotopic (exact) mass is 254 g/mol. The lowest BCUT2D eigenvalue weighted by atomic mass is 9.94. The van der Waals surface area contributed by atoms with E-state index in [0.717, 1.165) is 6.07 Å². The molecule has 0 aliphatic rings. The van der Waals surface area contributed by atoms with Gasteiger partial charge in [-0.05, 0) is 12.1 Å². The summed E-state index contributed by atoms with van der Waals surface area (Å²) < 4.78 is 76.8. The Morgan fingerprint density at radius 1 is 1.06 bits per heavy atom. The van der Waals surface area contributed by atoms with Crippen LogP contribution < -0.4 is 10.2 Å². The number of hydrogen-bond donors (Lipinski definition) is 0. The molecule has 0 bridgehead atoms. The lowest BCUT2D eigenvalue weighted by Crippen LogP contribution is -2.21. The highest BCUT2D eigenvalue weighted by molar-refractivity contribution is 6.32. The molecule has 2 radical (unpaired) electrons. The molecule has 8 heteroatoms. The van der Waals surface area contributed by atoms with Crippen LogP contribution in [0.1, 0.15) is 5.56 Å². The zero-order valence-corrected chi connectivity index (χ0v) is 8.19. The molecule has 1 rings (SSSR count). The van der Waals surface area contributed by atoms with E-state index in [-0.39, 0.29) is 5.46 Å². The van der Waals surface area contributed by atoms with Gasteiger partial charge in [-0.25, -0.2) is 0 Å². The molecular weight excluding hydrogens is 249 g/mol. The summed E-state index contributed by atoms with van der Waals surface area (Å²) in [5.74, 6) is -0.935. The summed E-state index contributed by atoms with van der Waals surface area (Å²) in [7, 11) is 5.18.